The Bertz CT molecular complexity index is 918. The molecule has 6 N–H and O–H groups in total. The molecule has 13 heteroatoms. The van der Waals surface area contributed by atoms with Crippen molar-refractivity contribution in [3.63, 3.8) is 0 Å². The molecule has 0 radical (unpaired) electrons. The SMILES string of the molecule is CCC(=O)[C@H](CCCNC(N)=O)NC(=O)[C@@H](CC(=O)CCOCCOCCCC(=O)[C@@H](N)CCC(=O)OC(C)(C)C)C(C)C. The quantitative estimate of drug-likeness (QED) is 0.0857. The molecular weight excluding hydrogens is 572 g/mol. The average Bonchev–Trinajstić information content (AvgIpc) is 2.93. The number of amides is 3. The van der Waals surface area contributed by atoms with Gasteiger partial charge >= 0.3 is 12.0 Å². The van der Waals surface area contributed by atoms with Crippen LogP contribution in [0.5, 0.6) is 0 Å². The van der Waals surface area contributed by atoms with Crippen LogP contribution in [-0.4, -0.2) is 85.9 Å². The fourth-order valence-corrected chi connectivity index (χ4v) is 4.20. The molecule has 3 atom stereocenters. The molecule has 0 saturated carbocycles. The lowest BCUT2D eigenvalue weighted by atomic mass is 9.88. The molecule has 0 aromatic heterocycles. The summed E-state index contributed by atoms with van der Waals surface area (Å²) in [5.74, 6) is -1.81. The first-order chi connectivity index (χ1) is 20.6. The van der Waals surface area contributed by atoms with Gasteiger partial charge in [0.15, 0.2) is 5.78 Å². The van der Waals surface area contributed by atoms with Crippen molar-refractivity contribution in [3.8, 4) is 0 Å². The largest absolute Gasteiger partial charge is 0.460 e. The molecule has 13 nitrogen and oxygen atoms in total. The Morgan fingerprint density at radius 3 is 2.02 bits per heavy atom. The number of ketones is 3. The number of rotatable bonds is 25. The van der Waals surface area contributed by atoms with Crippen molar-refractivity contribution in [2.45, 2.75) is 117 Å². The number of esters is 1. The highest BCUT2D eigenvalue weighted by atomic mass is 16.6. The van der Waals surface area contributed by atoms with E-state index in [9.17, 15) is 28.8 Å². The number of nitrogens with one attached hydrogen (secondary N) is 2. The maximum absolute atomic E-state index is 13.0. The monoisotopic (exact) mass is 628 g/mol. The van der Waals surface area contributed by atoms with Gasteiger partial charge in [0.2, 0.25) is 5.91 Å². The number of carbonyl (C=O) groups is 6. The van der Waals surface area contributed by atoms with Crippen molar-refractivity contribution in [3.05, 3.63) is 0 Å². The molecule has 0 aliphatic carbocycles. The standard InChI is InChI=1S/C31H56N4O9/c1-7-26(37)25(10-8-15-34-30(33)41)35-29(40)23(21(2)3)20-22(36)14-17-43-19-18-42-16-9-11-27(38)24(32)12-13-28(39)44-31(4,5)6/h21,23-25H,7-20,32H2,1-6H3,(H,35,40)(H3,33,34,41)/t23-,24-,25-/m0/s1. The molecule has 0 aromatic rings. The van der Waals surface area contributed by atoms with Gasteiger partial charge in [-0.2, -0.15) is 0 Å². The molecule has 0 aliphatic heterocycles. The van der Waals surface area contributed by atoms with Crippen molar-refractivity contribution in [1.29, 1.82) is 0 Å². The van der Waals surface area contributed by atoms with Crippen molar-refractivity contribution >= 4 is 35.3 Å². The minimum Gasteiger partial charge on any atom is -0.460 e. The molecule has 0 bridgehead atoms. The predicted molar refractivity (Wildman–Crippen MR) is 166 cm³/mol. The molecule has 0 aromatic carbocycles. The van der Waals surface area contributed by atoms with E-state index in [4.69, 9.17) is 25.7 Å². The lowest BCUT2D eigenvalue weighted by Crippen LogP contribution is -2.45. The maximum Gasteiger partial charge on any atom is 0.312 e. The summed E-state index contributed by atoms with van der Waals surface area (Å²) in [5.41, 5.74) is 10.4. The summed E-state index contributed by atoms with van der Waals surface area (Å²) < 4.78 is 16.2. The maximum atomic E-state index is 13.0. The molecule has 0 saturated heterocycles. The van der Waals surface area contributed by atoms with Crippen molar-refractivity contribution < 1.29 is 43.0 Å². The summed E-state index contributed by atoms with van der Waals surface area (Å²) in [6.07, 6.45) is 2.31. The molecule has 0 heterocycles. The predicted octanol–water partition coefficient (Wildman–Crippen LogP) is 2.35. The minimum absolute atomic E-state index is 0.0353. The van der Waals surface area contributed by atoms with E-state index in [2.05, 4.69) is 10.6 Å². The Morgan fingerprint density at radius 2 is 1.45 bits per heavy atom. The second-order valence-corrected chi connectivity index (χ2v) is 12.2. The highest BCUT2D eigenvalue weighted by molar-refractivity contribution is 5.92. The van der Waals surface area contributed by atoms with E-state index >= 15 is 0 Å². The van der Waals surface area contributed by atoms with Crippen LogP contribution in [0.15, 0.2) is 0 Å². The van der Waals surface area contributed by atoms with Gasteiger partial charge in [0, 0.05) is 51.2 Å². The number of hydrogen-bond acceptors (Lipinski definition) is 10. The number of primary amides is 1. The van der Waals surface area contributed by atoms with Crippen LogP contribution in [-0.2, 0) is 38.2 Å². The normalized spacial score (nSPS) is 13.5. The van der Waals surface area contributed by atoms with Gasteiger partial charge in [-0.25, -0.2) is 4.79 Å². The van der Waals surface area contributed by atoms with Gasteiger partial charge in [0.1, 0.15) is 17.2 Å². The Labute approximate surface area is 262 Å². The topological polar surface area (TPSA) is 206 Å². The van der Waals surface area contributed by atoms with Crippen LogP contribution in [0.3, 0.4) is 0 Å². The number of carbonyl (C=O) groups excluding carboxylic acids is 6. The second-order valence-electron chi connectivity index (χ2n) is 12.2. The van der Waals surface area contributed by atoms with Gasteiger partial charge in [-0.15, -0.1) is 0 Å². The van der Waals surface area contributed by atoms with Crippen LogP contribution in [0.1, 0.15) is 99.3 Å². The van der Waals surface area contributed by atoms with E-state index in [1.54, 1.807) is 27.7 Å². The van der Waals surface area contributed by atoms with Crippen molar-refractivity contribution in [2.75, 3.05) is 33.0 Å². The first-order valence-electron chi connectivity index (χ1n) is 15.6. The number of ether oxygens (including phenoxy) is 3. The Kier molecular flexibility index (Phi) is 21.1. The summed E-state index contributed by atoms with van der Waals surface area (Å²) >= 11 is 0. The Hall–Kier alpha value is -2.90. The van der Waals surface area contributed by atoms with E-state index in [0.29, 0.717) is 39.0 Å². The van der Waals surface area contributed by atoms with E-state index in [1.165, 1.54) is 0 Å². The third-order valence-electron chi connectivity index (χ3n) is 6.71. The molecular formula is C31H56N4O9. The number of nitrogens with two attached hydrogens (primary N) is 2. The third kappa shape index (κ3) is 20.9. The number of Topliss-reactive ketones (excluding diaryl/α,β-unsaturated/α-hetero) is 3. The van der Waals surface area contributed by atoms with E-state index in [-0.39, 0.29) is 86.9 Å². The molecule has 44 heavy (non-hydrogen) atoms. The van der Waals surface area contributed by atoms with Crippen LogP contribution >= 0.6 is 0 Å². The third-order valence-corrected chi connectivity index (χ3v) is 6.71. The Balaban J connectivity index is 4.26. The van der Waals surface area contributed by atoms with Gasteiger partial charge in [0.25, 0.3) is 0 Å². The van der Waals surface area contributed by atoms with E-state index in [0.717, 1.165) is 0 Å². The summed E-state index contributed by atoms with van der Waals surface area (Å²) in [6, 6.07) is -2.06. The molecule has 0 rings (SSSR count). The molecule has 3 amide bonds. The molecule has 0 unspecified atom stereocenters. The van der Waals surface area contributed by atoms with Gasteiger partial charge in [-0.05, 0) is 52.4 Å². The Morgan fingerprint density at radius 1 is 0.818 bits per heavy atom. The van der Waals surface area contributed by atoms with Crippen LogP contribution in [0.4, 0.5) is 4.79 Å². The van der Waals surface area contributed by atoms with Gasteiger partial charge in [-0.1, -0.05) is 20.8 Å². The minimum atomic E-state index is -0.720. The second kappa shape index (κ2) is 22.6. The average molecular weight is 629 g/mol. The number of urea groups is 1. The zero-order valence-corrected chi connectivity index (χ0v) is 27.5. The lowest BCUT2D eigenvalue weighted by Gasteiger charge is -2.24. The number of hydrogen-bond donors (Lipinski definition) is 4. The highest BCUT2D eigenvalue weighted by Gasteiger charge is 2.28. The highest BCUT2D eigenvalue weighted by Crippen LogP contribution is 2.18. The van der Waals surface area contributed by atoms with Crippen molar-refractivity contribution in [1.82, 2.24) is 10.6 Å². The van der Waals surface area contributed by atoms with Crippen molar-refractivity contribution in [2.24, 2.45) is 23.3 Å². The van der Waals surface area contributed by atoms with E-state index < -0.39 is 29.6 Å². The van der Waals surface area contributed by atoms with Gasteiger partial charge < -0.3 is 36.3 Å². The molecule has 0 aliphatic rings. The summed E-state index contributed by atoms with van der Waals surface area (Å²) in [6.45, 7) is 12.2. The first-order valence-corrected chi connectivity index (χ1v) is 15.6. The molecule has 0 spiro atoms. The zero-order valence-electron chi connectivity index (χ0n) is 27.5. The fourth-order valence-electron chi connectivity index (χ4n) is 4.20. The van der Waals surface area contributed by atoms with Crippen LogP contribution in [0.25, 0.3) is 0 Å². The van der Waals surface area contributed by atoms with Crippen LogP contribution < -0.4 is 22.1 Å². The summed E-state index contributed by atoms with van der Waals surface area (Å²) in [5, 5.41) is 5.26. The van der Waals surface area contributed by atoms with Crippen LogP contribution in [0, 0.1) is 11.8 Å². The molecule has 0 fully saturated rings. The lowest BCUT2D eigenvalue weighted by molar-refractivity contribution is -0.155. The van der Waals surface area contributed by atoms with Gasteiger partial charge in [-0.3, -0.25) is 24.0 Å². The molecule has 254 valence electrons. The van der Waals surface area contributed by atoms with Gasteiger partial charge in [0.05, 0.1) is 31.9 Å². The zero-order chi connectivity index (χ0) is 33.7. The van der Waals surface area contributed by atoms with E-state index in [1.807, 2.05) is 13.8 Å². The smallest absolute Gasteiger partial charge is 0.312 e. The summed E-state index contributed by atoms with van der Waals surface area (Å²) in [7, 11) is 0. The first kappa shape index (κ1) is 41.1. The summed E-state index contributed by atoms with van der Waals surface area (Å²) in [4.78, 5) is 72.7. The fraction of sp³-hybridized carbons (Fsp3) is 0.806. The van der Waals surface area contributed by atoms with Crippen LogP contribution in [0.2, 0.25) is 0 Å².